The molecular weight excluding hydrogens is 226 g/mol. The second-order valence-corrected chi connectivity index (χ2v) is 8.73. The van der Waals surface area contributed by atoms with Crippen molar-refractivity contribution in [2.75, 3.05) is 7.05 Å². The Kier molecular flexibility index (Phi) is 4.99. The standard InChI is InChI=1S/C15H31NS/c1-10(2)13-9-14(15(5,6)7)17-12(4)11(3)16(13)8/h10-14H,9H2,1-8H3/t11?,12?,13-,14-/m1/s1. The molecule has 0 aliphatic carbocycles. The first kappa shape index (κ1) is 15.4. The van der Waals surface area contributed by atoms with Gasteiger partial charge in [-0.25, -0.2) is 0 Å². The third-order valence-electron chi connectivity index (χ3n) is 4.41. The van der Waals surface area contributed by atoms with Gasteiger partial charge in [0.2, 0.25) is 0 Å². The molecular formula is C15H31NS. The Morgan fingerprint density at radius 2 is 1.71 bits per heavy atom. The van der Waals surface area contributed by atoms with Gasteiger partial charge in [-0.1, -0.05) is 41.5 Å². The summed E-state index contributed by atoms with van der Waals surface area (Å²) in [4.78, 5) is 2.62. The van der Waals surface area contributed by atoms with E-state index in [2.05, 4.69) is 72.2 Å². The maximum atomic E-state index is 2.62. The first-order valence-electron chi connectivity index (χ1n) is 7.02. The zero-order valence-corrected chi connectivity index (χ0v) is 13.8. The van der Waals surface area contributed by atoms with Crippen LogP contribution in [0.3, 0.4) is 0 Å². The first-order chi connectivity index (χ1) is 7.64. The van der Waals surface area contributed by atoms with E-state index in [1.165, 1.54) is 6.42 Å². The summed E-state index contributed by atoms with van der Waals surface area (Å²) >= 11 is 2.21. The van der Waals surface area contributed by atoms with Crippen molar-refractivity contribution in [2.45, 2.75) is 77.5 Å². The second kappa shape index (κ2) is 5.52. The van der Waals surface area contributed by atoms with Crippen LogP contribution in [0.25, 0.3) is 0 Å². The van der Waals surface area contributed by atoms with Gasteiger partial charge < -0.3 is 0 Å². The number of hydrogen-bond donors (Lipinski definition) is 0. The van der Waals surface area contributed by atoms with Crippen molar-refractivity contribution in [1.29, 1.82) is 0 Å². The Hall–Kier alpha value is 0.310. The molecule has 1 fully saturated rings. The molecule has 1 nitrogen and oxygen atoms in total. The largest absolute Gasteiger partial charge is 0.299 e. The Labute approximate surface area is 113 Å². The van der Waals surface area contributed by atoms with Gasteiger partial charge in [0.25, 0.3) is 0 Å². The zero-order valence-electron chi connectivity index (χ0n) is 12.9. The van der Waals surface area contributed by atoms with E-state index in [0.29, 0.717) is 11.5 Å². The molecule has 0 N–H and O–H groups in total. The van der Waals surface area contributed by atoms with Gasteiger partial charge in [-0.3, -0.25) is 4.90 Å². The van der Waals surface area contributed by atoms with Gasteiger partial charge in [-0.2, -0.15) is 11.8 Å². The van der Waals surface area contributed by atoms with Crippen molar-refractivity contribution in [1.82, 2.24) is 4.90 Å². The monoisotopic (exact) mass is 257 g/mol. The predicted molar refractivity (Wildman–Crippen MR) is 80.8 cm³/mol. The molecule has 4 atom stereocenters. The van der Waals surface area contributed by atoms with Crippen LogP contribution in [-0.4, -0.2) is 34.5 Å². The molecule has 0 aromatic heterocycles. The van der Waals surface area contributed by atoms with Gasteiger partial charge >= 0.3 is 0 Å². The highest BCUT2D eigenvalue weighted by Crippen LogP contribution is 2.42. The third kappa shape index (κ3) is 3.64. The highest BCUT2D eigenvalue weighted by molar-refractivity contribution is 8.00. The fraction of sp³-hybridized carbons (Fsp3) is 1.00. The normalized spacial score (nSPS) is 37.2. The van der Waals surface area contributed by atoms with Gasteiger partial charge in [0.1, 0.15) is 0 Å². The molecule has 2 unspecified atom stereocenters. The van der Waals surface area contributed by atoms with E-state index in [1.54, 1.807) is 0 Å². The van der Waals surface area contributed by atoms with Crippen LogP contribution in [-0.2, 0) is 0 Å². The smallest absolute Gasteiger partial charge is 0.0183 e. The molecule has 1 heterocycles. The van der Waals surface area contributed by atoms with Crippen LogP contribution in [0.4, 0.5) is 0 Å². The summed E-state index contributed by atoms with van der Waals surface area (Å²) in [5, 5.41) is 1.50. The van der Waals surface area contributed by atoms with Crippen molar-refractivity contribution in [2.24, 2.45) is 11.3 Å². The molecule has 17 heavy (non-hydrogen) atoms. The van der Waals surface area contributed by atoms with Gasteiger partial charge in [-0.15, -0.1) is 0 Å². The fourth-order valence-corrected chi connectivity index (χ4v) is 4.40. The lowest BCUT2D eigenvalue weighted by atomic mass is 9.85. The topological polar surface area (TPSA) is 3.24 Å². The van der Waals surface area contributed by atoms with Crippen LogP contribution in [0.15, 0.2) is 0 Å². The summed E-state index contributed by atoms with van der Waals surface area (Å²) in [6.45, 7) is 16.7. The van der Waals surface area contributed by atoms with Crippen LogP contribution in [0.1, 0.15) is 54.9 Å². The molecule has 0 aromatic carbocycles. The molecule has 1 aliphatic rings. The van der Waals surface area contributed by atoms with Crippen LogP contribution < -0.4 is 0 Å². The Morgan fingerprint density at radius 3 is 2.12 bits per heavy atom. The highest BCUT2D eigenvalue weighted by atomic mass is 32.2. The lowest BCUT2D eigenvalue weighted by Gasteiger charge is -2.36. The van der Waals surface area contributed by atoms with E-state index >= 15 is 0 Å². The fourth-order valence-electron chi connectivity index (χ4n) is 2.75. The van der Waals surface area contributed by atoms with E-state index < -0.39 is 0 Å². The third-order valence-corrected chi connectivity index (χ3v) is 6.47. The molecule has 1 rings (SSSR count). The van der Waals surface area contributed by atoms with E-state index in [-0.39, 0.29) is 0 Å². The van der Waals surface area contributed by atoms with E-state index in [0.717, 1.165) is 22.5 Å². The van der Waals surface area contributed by atoms with Crippen molar-refractivity contribution in [3.8, 4) is 0 Å². The summed E-state index contributed by atoms with van der Waals surface area (Å²) in [5.41, 5.74) is 0.414. The van der Waals surface area contributed by atoms with Gasteiger partial charge in [0.05, 0.1) is 0 Å². The zero-order chi connectivity index (χ0) is 13.4. The van der Waals surface area contributed by atoms with Crippen molar-refractivity contribution >= 4 is 11.8 Å². The Morgan fingerprint density at radius 1 is 1.18 bits per heavy atom. The predicted octanol–water partition coefficient (Wildman–Crippen LogP) is 4.27. The summed E-state index contributed by atoms with van der Waals surface area (Å²) in [7, 11) is 2.32. The molecule has 102 valence electrons. The van der Waals surface area contributed by atoms with Crippen LogP contribution in [0.5, 0.6) is 0 Å². The van der Waals surface area contributed by atoms with Crippen LogP contribution in [0.2, 0.25) is 0 Å². The first-order valence-corrected chi connectivity index (χ1v) is 7.96. The van der Waals surface area contributed by atoms with E-state index in [4.69, 9.17) is 0 Å². The van der Waals surface area contributed by atoms with E-state index in [9.17, 15) is 0 Å². The number of thioether (sulfide) groups is 1. The Balaban J connectivity index is 2.94. The molecule has 1 saturated heterocycles. The summed E-state index contributed by atoms with van der Waals surface area (Å²) in [6, 6.07) is 1.41. The maximum Gasteiger partial charge on any atom is 0.0183 e. The lowest BCUT2D eigenvalue weighted by molar-refractivity contribution is 0.133. The average Bonchev–Trinajstić information content (AvgIpc) is 2.28. The van der Waals surface area contributed by atoms with Crippen molar-refractivity contribution in [3.63, 3.8) is 0 Å². The van der Waals surface area contributed by atoms with Crippen LogP contribution >= 0.6 is 11.8 Å². The lowest BCUT2D eigenvalue weighted by Crippen LogP contribution is -2.44. The minimum atomic E-state index is 0.414. The summed E-state index contributed by atoms with van der Waals surface area (Å²) in [5.74, 6) is 0.748. The molecule has 2 heteroatoms. The molecule has 0 amide bonds. The number of hydrogen-bond acceptors (Lipinski definition) is 2. The van der Waals surface area contributed by atoms with Gasteiger partial charge in [0.15, 0.2) is 0 Å². The Bertz CT molecular complexity index is 244. The number of rotatable bonds is 1. The van der Waals surface area contributed by atoms with Gasteiger partial charge in [-0.05, 0) is 31.7 Å². The minimum absolute atomic E-state index is 0.414. The second-order valence-electron chi connectivity index (χ2n) is 7.15. The summed E-state index contributed by atoms with van der Waals surface area (Å²) in [6.07, 6.45) is 1.33. The average molecular weight is 257 g/mol. The van der Waals surface area contributed by atoms with Crippen LogP contribution in [0, 0.1) is 11.3 Å². The molecule has 0 saturated carbocycles. The molecule has 0 spiro atoms. The molecule has 1 aliphatic heterocycles. The molecule has 0 aromatic rings. The summed E-state index contributed by atoms with van der Waals surface area (Å²) < 4.78 is 0. The maximum absolute atomic E-state index is 2.62. The quantitative estimate of drug-likeness (QED) is 0.690. The molecule has 0 bridgehead atoms. The van der Waals surface area contributed by atoms with Crippen molar-refractivity contribution in [3.05, 3.63) is 0 Å². The number of nitrogens with zero attached hydrogens (tertiary/aromatic N) is 1. The highest BCUT2D eigenvalue weighted by Gasteiger charge is 2.38. The SMILES string of the molecule is CC1S[C@@H](C(C)(C)C)C[C@H](C(C)C)N(C)C1C. The minimum Gasteiger partial charge on any atom is -0.299 e. The van der Waals surface area contributed by atoms with Crippen molar-refractivity contribution < 1.29 is 0 Å². The van der Waals surface area contributed by atoms with Gasteiger partial charge in [0, 0.05) is 22.6 Å². The molecule has 0 radical (unpaired) electrons. The van der Waals surface area contributed by atoms with E-state index in [1.807, 2.05) is 0 Å².